The van der Waals surface area contributed by atoms with Crippen LogP contribution >= 0.6 is 11.3 Å². The third-order valence-electron chi connectivity index (χ3n) is 3.28. The molecule has 0 spiro atoms. The predicted octanol–water partition coefficient (Wildman–Crippen LogP) is 0.824. The average Bonchev–Trinajstić information content (AvgIpc) is 3.04. The molecule has 2 amide bonds. The van der Waals surface area contributed by atoms with E-state index in [4.69, 9.17) is 5.11 Å². The summed E-state index contributed by atoms with van der Waals surface area (Å²) in [7, 11) is 0. The highest BCUT2D eigenvalue weighted by molar-refractivity contribution is 7.09. The summed E-state index contributed by atoms with van der Waals surface area (Å²) in [6.07, 6.45) is 1.60. The standard InChI is InChI=1S/C12H17N3O4S/c1-2-8(10-13-3-4-20-10)14-12(19)15-6-7(16)5-9(15)11(17)18/h3-4,7-9,16H,2,5-6H2,1H3,(H,14,19)(H,17,18)/t7?,8?,9-/m0/s1. The number of β-amino-alcohol motifs (C(OH)–C–C–N with tert-alkyl or cyclic N) is 1. The molecule has 1 aromatic heterocycles. The molecule has 0 aliphatic carbocycles. The van der Waals surface area contributed by atoms with E-state index in [2.05, 4.69) is 10.3 Å². The summed E-state index contributed by atoms with van der Waals surface area (Å²) in [5, 5.41) is 24.0. The van der Waals surface area contributed by atoms with Crippen LogP contribution in [0.25, 0.3) is 0 Å². The second-order valence-corrected chi connectivity index (χ2v) is 5.60. The maximum Gasteiger partial charge on any atom is 0.326 e. The fraction of sp³-hybridized carbons (Fsp3) is 0.583. The lowest BCUT2D eigenvalue weighted by atomic mass is 10.2. The molecular weight excluding hydrogens is 282 g/mol. The van der Waals surface area contributed by atoms with Crippen LogP contribution in [-0.2, 0) is 4.79 Å². The van der Waals surface area contributed by atoms with Crippen LogP contribution in [-0.4, -0.2) is 50.8 Å². The van der Waals surface area contributed by atoms with E-state index in [1.807, 2.05) is 12.3 Å². The number of nitrogens with zero attached hydrogens (tertiary/aromatic N) is 2. The number of carbonyl (C=O) groups is 2. The largest absolute Gasteiger partial charge is 0.480 e. The van der Waals surface area contributed by atoms with Gasteiger partial charge in [0.05, 0.1) is 12.1 Å². The molecule has 20 heavy (non-hydrogen) atoms. The Hall–Kier alpha value is -1.67. The SMILES string of the molecule is CCC(NC(=O)N1CC(O)C[C@H]1C(=O)O)c1nccs1. The lowest BCUT2D eigenvalue weighted by Crippen LogP contribution is -2.47. The van der Waals surface area contributed by atoms with Gasteiger partial charge in [0, 0.05) is 24.5 Å². The molecule has 3 atom stereocenters. The summed E-state index contributed by atoms with van der Waals surface area (Å²) in [5.74, 6) is -1.10. The van der Waals surface area contributed by atoms with E-state index in [9.17, 15) is 14.7 Å². The van der Waals surface area contributed by atoms with Gasteiger partial charge >= 0.3 is 12.0 Å². The minimum absolute atomic E-state index is 0.0388. The van der Waals surface area contributed by atoms with Crippen LogP contribution in [0.5, 0.6) is 0 Å². The molecule has 1 aliphatic heterocycles. The van der Waals surface area contributed by atoms with E-state index in [1.165, 1.54) is 16.2 Å². The number of aliphatic carboxylic acids is 1. The lowest BCUT2D eigenvalue weighted by Gasteiger charge is -2.24. The van der Waals surface area contributed by atoms with Crippen LogP contribution in [0.3, 0.4) is 0 Å². The summed E-state index contributed by atoms with van der Waals surface area (Å²) in [6, 6.07) is -1.69. The molecule has 2 unspecified atom stereocenters. The highest BCUT2D eigenvalue weighted by Gasteiger charge is 2.39. The van der Waals surface area contributed by atoms with Crippen molar-refractivity contribution in [1.29, 1.82) is 0 Å². The minimum Gasteiger partial charge on any atom is -0.480 e. The first-order valence-corrected chi connectivity index (χ1v) is 7.28. The van der Waals surface area contributed by atoms with Crippen LogP contribution in [0.4, 0.5) is 4.79 Å². The van der Waals surface area contributed by atoms with Crippen LogP contribution < -0.4 is 5.32 Å². The van der Waals surface area contributed by atoms with E-state index >= 15 is 0 Å². The van der Waals surface area contributed by atoms with Crippen LogP contribution in [0.15, 0.2) is 11.6 Å². The summed E-state index contributed by atoms with van der Waals surface area (Å²) >= 11 is 1.44. The summed E-state index contributed by atoms with van der Waals surface area (Å²) in [4.78, 5) is 28.6. The quantitative estimate of drug-likeness (QED) is 0.764. The number of carboxylic acid groups (broad SMARTS) is 1. The Morgan fingerprint density at radius 2 is 2.40 bits per heavy atom. The van der Waals surface area contributed by atoms with Crippen molar-refractivity contribution in [3.8, 4) is 0 Å². The number of urea groups is 1. The Morgan fingerprint density at radius 3 is 2.95 bits per heavy atom. The molecule has 0 bridgehead atoms. The number of thiazole rings is 1. The summed E-state index contributed by atoms with van der Waals surface area (Å²) in [5.41, 5.74) is 0. The maximum absolute atomic E-state index is 12.2. The van der Waals surface area contributed by atoms with Gasteiger partial charge in [0.25, 0.3) is 0 Å². The number of aromatic nitrogens is 1. The van der Waals surface area contributed by atoms with Gasteiger partial charge in [0.2, 0.25) is 0 Å². The third kappa shape index (κ3) is 3.07. The zero-order chi connectivity index (χ0) is 14.7. The molecular formula is C12H17N3O4S. The average molecular weight is 299 g/mol. The molecule has 8 heteroatoms. The molecule has 0 saturated carbocycles. The van der Waals surface area contributed by atoms with Crippen molar-refractivity contribution in [3.63, 3.8) is 0 Å². The lowest BCUT2D eigenvalue weighted by molar-refractivity contribution is -0.141. The van der Waals surface area contributed by atoms with Crippen molar-refractivity contribution in [2.75, 3.05) is 6.54 Å². The van der Waals surface area contributed by atoms with Gasteiger partial charge in [-0.1, -0.05) is 6.92 Å². The maximum atomic E-state index is 12.2. The van der Waals surface area contributed by atoms with E-state index in [0.29, 0.717) is 6.42 Å². The van der Waals surface area contributed by atoms with Gasteiger partial charge in [-0.2, -0.15) is 0 Å². The molecule has 3 N–H and O–H groups in total. The van der Waals surface area contributed by atoms with E-state index in [0.717, 1.165) is 5.01 Å². The molecule has 0 radical (unpaired) electrons. The van der Waals surface area contributed by atoms with Gasteiger partial charge in [0.1, 0.15) is 11.0 Å². The first-order chi connectivity index (χ1) is 9.52. The number of hydrogen-bond donors (Lipinski definition) is 3. The number of likely N-dealkylation sites (tertiary alicyclic amines) is 1. The molecule has 1 aliphatic rings. The van der Waals surface area contributed by atoms with E-state index in [-0.39, 0.29) is 19.0 Å². The second-order valence-electron chi connectivity index (χ2n) is 4.68. The molecule has 2 heterocycles. The Labute approximate surface area is 120 Å². The fourth-order valence-corrected chi connectivity index (χ4v) is 3.02. The van der Waals surface area contributed by atoms with Gasteiger partial charge in [0.15, 0.2) is 0 Å². The summed E-state index contributed by atoms with van der Waals surface area (Å²) in [6.45, 7) is 1.96. The van der Waals surface area contributed by atoms with E-state index < -0.39 is 24.1 Å². The van der Waals surface area contributed by atoms with Crippen molar-refractivity contribution in [3.05, 3.63) is 16.6 Å². The second kappa shape index (κ2) is 6.19. The van der Waals surface area contributed by atoms with Crippen molar-refractivity contribution in [1.82, 2.24) is 15.2 Å². The van der Waals surface area contributed by atoms with Gasteiger partial charge in [-0.15, -0.1) is 11.3 Å². The number of hydrogen-bond acceptors (Lipinski definition) is 5. The minimum atomic E-state index is -1.10. The van der Waals surface area contributed by atoms with Crippen molar-refractivity contribution >= 4 is 23.3 Å². The number of carbonyl (C=O) groups excluding carboxylic acids is 1. The normalized spacial score (nSPS) is 23.6. The number of aliphatic hydroxyl groups excluding tert-OH is 1. The monoisotopic (exact) mass is 299 g/mol. The van der Waals surface area contributed by atoms with Gasteiger partial charge in [-0.25, -0.2) is 14.6 Å². The van der Waals surface area contributed by atoms with Gasteiger partial charge < -0.3 is 20.4 Å². The fourth-order valence-electron chi connectivity index (χ4n) is 2.25. The first kappa shape index (κ1) is 14.7. The van der Waals surface area contributed by atoms with Gasteiger partial charge in [-0.3, -0.25) is 0 Å². The first-order valence-electron chi connectivity index (χ1n) is 6.40. The zero-order valence-electron chi connectivity index (χ0n) is 11.0. The van der Waals surface area contributed by atoms with Crippen molar-refractivity contribution in [2.24, 2.45) is 0 Å². The molecule has 1 saturated heterocycles. The van der Waals surface area contributed by atoms with Crippen LogP contribution in [0, 0.1) is 0 Å². The van der Waals surface area contributed by atoms with Crippen molar-refractivity contribution in [2.45, 2.75) is 38.0 Å². The molecule has 110 valence electrons. The Bertz CT molecular complexity index is 479. The van der Waals surface area contributed by atoms with Crippen molar-refractivity contribution < 1.29 is 19.8 Å². The molecule has 2 rings (SSSR count). The number of carboxylic acids is 1. The smallest absolute Gasteiger partial charge is 0.326 e. The Morgan fingerprint density at radius 1 is 1.65 bits per heavy atom. The zero-order valence-corrected chi connectivity index (χ0v) is 11.8. The third-order valence-corrected chi connectivity index (χ3v) is 4.17. The van der Waals surface area contributed by atoms with Gasteiger partial charge in [-0.05, 0) is 6.42 Å². The van der Waals surface area contributed by atoms with Crippen LogP contribution in [0.2, 0.25) is 0 Å². The Kier molecular flexibility index (Phi) is 4.56. The molecule has 1 aromatic rings. The Balaban J connectivity index is 2.05. The number of rotatable bonds is 4. The highest BCUT2D eigenvalue weighted by atomic mass is 32.1. The highest BCUT2D eigenvalue weighted by Crippen LogP contribution is 2.22. The number of aliphatic hydroxyl groups is 1. The predicted molar refractivity (Wildman–Crippen MR) is 72.4 cm³/mol. The number of nitrogens with one attached hydrogen (secondary N) is 1. The topological polar surface area (TPSA) is 103 Å². The number of amides is 2. The van der Waals surface area contributed by atoms with E-state index in [1.54, 1.807) is 6.20 Å². The molecule has 1 fully saturated rings. The summed E-state index contributed by atoms with van der Waals surface area (Å²) < 4.78 is 0. The van der Waals surface area contributed by atoms with Crippen LogP contribution in [0.1, 0.15) is 30.8 Å². The molecule has 0 aromatic carbocycles. The molecule has 7 nitrogen and oxygen atoms in total.